The van der Waals surface area contributed by atoms with Gasteiger partial charge in [0.1, 0.15) is 18.3 Å². The molecule has 2 unspecified atom stereocenters. The fourth-order valence-electron chi connectivity index (χ4n) is 10.3. The number of hydrogen-bond donors (Lipinski definition) is 1. The minimum atomic E-state index is -1.12. The van der Waals surface area contributed by atoms with E-state index < -0.39 is 71.0 Å². The van der Waals surface area contributed by atoms with Crippen molar-refractivity contribution in [1.82, 2.24) is 0 Å². The number of ether oxygens (including phenoxy) is 5. The van der Waals surface area contributed by atoms with Crippen LogP contribution < -0.4 is 0 Å². The van der Waals surface area contributed by atoms with Crippen molar-refractivity contribution in [2.45, 2.75) is 117 Å². The molecule has 0 bridgehead atoms. The Morgan fingerprint density at radius 3 is 2.31 bits per heavy atom. The Bertz CT molecular complexity index is 1430. The van der Waals surface area contributed by atoms with Gasteiger partial charge in [0.15, 0.2) is 6.29 Å². The molecule has 0 amide bonds. The lowest BCUT2D eigenvalue weighted by Crippen LogP contribution is -2.72. The quantitative estimate of drug-likeness (QED) is 0.206. The molecule has 6 rings (SSSR count). The van der Waals surface area contributed by atoms with Crippen LogP contribution in [0.1, 0.15) is 86.1 Å². The third-order valence-electron chi connectivity index (χ3n) is 12.1. The summed E-state index contributed by atoms with van der Waals surface area (Å²) in [6.07, 6.45) is 1.99. The molecule has 1 aromatic rings. The molecule has 2 saturated carbocycles. The average Bonchev–Trinajstić information content (AvgIpc) is 3.68. The average molecular weight is 627 g/mol. The fraction of sp³-hybridized carbons (Fsp3) is 0.686. The first-order valence-electron chi connectivity index (χ1n) is 16.0. The van der Waals surface area contributed by atoms with Crippen LogP contribution in [0.15, 0.2) is 45.8 Å². The van der Waals surface area contributed by atoms with Crippen LogP contribution in [0.25, 0.3) is 0 Å². The number of aliphatic hydroxyl groups is 1. The highest BCUT2D eigenvalue weighted by molar-refractivity contribution is 5.87. The van der Waals surface area contributed by atoms with Crippen molar-refractivity contribution in [1.29, 1.82) is 0 Å². The van der Waals surface area contributed by atoms with Gasteiger partial charge in [-0.2, -0.15) is 0 Å². The maximum absolute atomic E-state index is 13.7. The van der Waals surface area contributed by atoms with E-state index in [9.17, 15) is 19.5 Å². The van der Waals surface area contributed by atoms with Gasteiger partial charge in [-0.05, 0) is 50.3 Å². The van der Waals surface area contributed by atoms with Crippen LogP contribution in [0.4, 0.5) is 0 Å². The van der Waals surface area contributed by atoms with Crippen LogP contribution >= 0.6 is 0 Å². The van der Waals surface area contributed by atoms with E-state index in [1.54, 1.807) is 32.4 Å². The van der Waals surface area contributed by atoms with Gasteiger partial charge in [-0.25, -0.2) is 4.79 Å². The number of rotatable bonds is 5. The zero-order chi connectivity index (χ0) is 32.6. The van der Waals surface area contributed by atoms with Gasteiger partial charge in [-0.1, -0.05) is 32.4 Å². The Balaban J connectivity index is 1.61. The molecule has 10 nitrogen and oxygen atoms in total. The Morgan fingerprint density at radius 1 is 1.00 bits per heavy atom. The maximum atomic E-state index is 13.7. The first kappa shape index (κ1) is 32.0. The van der Waals surface area contributed by atoms with Crippen molar-refractivity contribution in [2.75, 3.05) is 6.61 Å². The summed E-state index contributed by atoms with van der Waals surface area (Å²) in [5.41, 5.74) is 1.18. The van der Waals surface area contributed by atoms with Gasteiger partial charge in [0, 0.05) is 60.3 Å². The zero-order valence-electron chi connectivity index (χ0n) is 27.5. The third kappa shape index (κ3) is 4.65. The molecule has 4 fully saturated rings. The summed E-state index contributed by atoms with van der Waals surface area (Å²) in [6, 6.07) is 1.94. The maximum Gasteiger partial charge on any atom is 0.333 e. The molecular formula is C35H46O10. The molecule has 1 N–H and O–H groups in total. The molecule has 3 aliphatic carbocycles. The van der Waals surface area contributed by atoms with Gasteiger partial charge in [-0.15, -0.1) is 0 Å². The minimum Gasteiger partial charge on any atom is -0.472 e. The van der Waals surface area contributed by atoms with E-state index in [4.69, 9.17) is 28.1 Å². The lowest BCUT2D eigenvalue weighted by Gasteiger charge is -2.66. The van der Waals surface area contributed by atoms with Gasteiger partial charge in [-0.3, -0.25) is 9.59 Å². The van der Waals surface area contributed by atoms with Crippen LogP contribution in [0.5, 0.6) is 0 Å². The second kappa shape index (κ2) is 11.1. The van der Waals surface area contributed by atoms with Crippen molar-refractivity contribution in [2.24, 2.45) is 28.1 Å². The molecule has 5 aliphatic rings. The van der Waals surface area contributed by atoms with E-state index in [0.717, 1.165) is 16.7 Å². The van der Waals surface area contributed by atoms with Crippen LogP contribution in [0, 0.1) is 28.1 Å². The number of carbonyl (C=O) groups is 3. The van der Waals surface area contributed by atoms with Gasteiger partial charge in [0.05, 0.1) is 31.3 Å². The summed E-state index contributed by atoms with van der Waals surface area (Å²) >= 11 is 0. The smallest absolute Gasteiger partial charge is 0.333 e. The number of esters is 3. The molecule has 246 valence electrons. The van der Waals surface area contributed by atoms with E-state index in [2.05, 4.69) is 20.8 Å². The lowest BCUT2D eigenvalue weighted by molar-refractivity contribution is -0.262. The van der Waals surface area contributed by atoms with E-state index in [1.165, 1.54) is 13.8 Å². The highest BCUT2D eigenvalue weighted by Gasteiger charge is 2.77. The molecule has 2 saturated heterocycles. The standard InChI is InChI=1S/C35H46O10/c1-9-17(2)32(39)45-31-29-30-33(6,16-41-29)25(42-19(4)36)14-26(43-20(5)37)34(30,7)24-13-27(38)44-23-12-22(21-10-11-40-15-21)18(3)28(23)35(24,31)8/h9-11,15,22-27,29-31,38H,12-14,16H2,1-8H3/b17-9+/t22-,23?,24?,25-,26+,27+,29-,30+,31-,33-,34+,35-/m1/s1. The van der Waals surface area contributed by atoms with E-state index >= 15 is 0 Å². The Labute approximate surface area is 264 Å². The highest BCUT2D eigenvalue weighted by Crippen LogP contribution is 2.72. The molecular weight excluding hydrogens is 580 g/mol. The number of aliphatic hydroxyl groups excluding tert-OH is 1. The molecule has 3 heterocycles. The summed E-state index contributed by atoms with van der Waals surface area (Å²) < 4.78 is 37.2. The topological polar surface area (TPSA) is 131 Å². The molecule has 1 aromatic heterocycles. The van der Waals surface area contributed by atoms with E-state index in [0.29, 0.717) is 12.0 Å². The second-order valence-electron chi connectivity index (χ2n) is 14.4. The van der Waals surface area contributed by atoms with Crippen molar-refractivity contribution >= 4 is 17.9 Å². The molecule has 45 heavy (non-hydrogen) atoms. The number of allylic oxidation sites excluding steroid dienone is 2. The molecule has 10 heteroatoms. The molecule has 0 aromatic carbocycles. The van der Waals surface area contributed by atoms with Gasteiger partial charge in [0.2, 0.25) is 0 Å². The summed E-state index contributed by atoms with van der Waals surface area (Å²) in [5, 5.41) is 11.6. The second-order valence-corrected chi connectivity index (χ2v) is 14.4. The monoisotopic (exact) mass is 626 g/mol. The van der Waals surface area contributed by atoms with Gasteiger partial charge in [0.25, 0.3) is 0 Å². The predicted octanol–water partition coefficient (Wildman–Crippen LogP) is 5.00. The summed E-state index contributed by atoms with van der Waals surface area (Å²) in [4.78, 5) is 38.7. The zero-order valence-corrected chi connectivity index (χ0v) is 27.5. The normalized spacial score (nSPS) is 43.9. The van der Waals surface area contributed by atoms with E-state index in [1.807, 2.05) is 13.0 Å². The first-order chi connectivity index (χ1) is 21.2. The number of furan rings is 1. The van der Waals surface area contributed by atoms with Gasteiger partial charge < -0.3 is 33.2 Å². The van der Waals surface area contributed by atoms with Crippen LogP contribution in [0.2, 0.25) is 0 Å². The SMILES string of the molecule is C/C=C(\C)C(=O)O[C@@H]1[C@@H]2OC[C@]3(C)[C@H](OC(C)=O)C[C@H](OC(C)=O)[C@](C)(C4C[C@@H](O)OC5C[C@@H](c6ccoc6)C(C)=C5[C@@]41C)[C@@H]23. The third-order valence-corrected chi connectivity index (χ3v) is 12.1. The van der Waals surface area contributed by atoms with E-state index in [-0.39, 0.29) is 37.2 Å². The number of hydrogen-bond acceptors (Lipinski definition) is 10. The summed E-state index contributed by atoms with van der Waals surface area (Å²) in [6.45, 7) is 14.9. The first-order valence-corrected chi connectivity index (χ1v) is 16.0. The summed E-state index contributed by atoms with van der Waals surface area (Å²) in [5.74, 6) is -2.08. The predicted molar refractivity (Wildman–Crippen MR) is 160 cm³/mol. The van der Waals surface area contributed by atoms with Gasteiger partial charge >= 0.3 is 17.9 Å². The minimum absolute atomic E-state index is 0.0237. The highest BCUT2D eigenvalue weighted by atomic mass is 16.6. The summed E-state index contributed by atoms with van der Waals surface area (Å²) in [7, 11) is 0. The molecule has 0 radical (unpaired) electrons. The van der Waals surface area contributed by atoms with Crippen LogP contribution in [0.3, 0.4) is 0 Å². The number of fused-ring (bicyclic) bond motifs is 4. The molecule has 2 aliphatic heterocycles. The van der Waals surface area contributed by atoms with Crippen molar-refractivity contribution in [3.8, 4) is 0 Å². The van der Waals surface area contributed by atoms with Crippen molar-refractivity contribution in [3.05, 3.63) is 47.0 Å². The van der Waals surface area contributed by atoms with Crippen LogP contribution in [-0.4, -0.2) is 66.4 Å². The Morgan fingerprint density at radius 2 is 1.69 bits per heavy atom. The molecule has 0 spiro atoms. The van der Waals surface area contributed by atoms with Crippen molar-refractivity contribution < 1.29 is 47.6 Å². The Kier molecular flexibility index (Phi) is 7.89. The largest absolute Gasteiger partial charge is 0.472 e. The van der Waals surface area contributed by atoms with Crippen LogP contribution in [-0.2, 0) is 38.1 Å². The Hall–Kier alpha value is -2.95. The molecule has 12 atom stereocenters. The lowest BCUT2D eigenvalue weighted by atomic mass is 9.39. The number of carbonyl (C=O) groups excluding carboxylic acids is 3. The fourth-order valence-corrected chi connectivity index (χ4v) is 10.3. The van der Waals surface area contributed by atoms with Crippen molar-refractivity contribution in [3.63, 3.8) is 0 Å².